The summed E-state index contributed by atoms with van der Waals surface area (Å²) < 4.78 is 10.1. The van der Waals surface area contributed by atoms with Crippen molar-refractivity contribution in [1.29, 1.82) is 0 Å². The molecule has 0 aliphatic rings. The molecular weight excluding hydrogens is 312 g/mol. The summed E-state index contributed by atoms with van der Waals surface area (Å²) in [6.45, 7) is 6.52. The van der Waals surface area contributed by atoms with E-state index in [9.17, 15) is 14.4 Å². The van der Waals surface area contributed by atoms with E-state index in [0.29, 0.717) is 0 Å². The molecule has 1 rings (SSSR count). The van der Waals surface area contributed by atoms with Gasteiger partial charge in [-0.05, 0) is 33.3 Å². The Hall–Kier alpha value is -2.57. The predicted molar refractivity (Wildman–Crippen MR) is 88.1 cm³/mol. The second kappa shape index (κ2) is 8.90. The Bertz CT molecular complexity index is 566. The van der Waals surface area contributed by atoms with Crippen LogP contribution in [0, 0.1) is 0 Å². The summed E-state index contributed by atoms with van der Waals surface area (Å²) in [7, 11) is 0. The zero-order valence-electron chi connectivity index (χ0n) is 14.4. The van der Waals surface area contributed by atoms with Crippen LogP contribution in [0.25, 0.3) is 0 Å². The SMILES string of the molecule is C[C@H](NC(=O)CNC(=O)OC(C)(C)C)C(=O)OCc1ccccc1. The predicted octanol–water partition coefficient (Wildman–Crippen LogP) is 1.76. The highest BCUT2D eigenvalue weighted by molar-refractivity contribution is 5.87. The second-order valence-corrected chi connectivity index (χ2v) is 6.24. The molecule has 0 fully saturated rings. The molecule has 132 valence electrons. The maximum atomic E-state index is 11.8. The summed E-state index contributed by atoms with van der Waals surface area (Å²) >= 11 is 0. The Kier molecular flexibility index (Phi) is 7.23. The van der Waals surface area contributed by atoms with Gasteiger partial charge in [-0.3, -0.25) is 4.79 Å². The number of amides is 2. The molecule has 0 unspecified atom stereocenters. The molecule has 1 aromatic rings. The molecule has 0 saturated carbocycles. The number of hydrogen-bond acceptors (Lipinski definition) is 5. The van der Waals surface area contributed by atoms with E-state index < -0.39 is 29.6 Å². The van der Waals surface area contributed by atoms with E-state index in [1.165, 1.54) is 6.92 Å². The summed E-state index contributed by atoms with van der Waals surface area (Å²) in [4.78, 5) is 35.0. The van der Waals surface area contributed by atoms with Gasteiger partial charge < -0.3 is 20.1 Å². The first-order chi connectivity index (χ1) is 11.2. The Morgan fingerprint density at radius 3 is 2.33 bits per heavy atom. The Balaban J connectivity index is 2.30. The van der Waals surface area contributed by atoms with Gasteiger partial charge in [0, 0.05) is 0 Å². The molecule has 2 amide bonds. The van der Waals surface area contributed by atoms with Crippen LogP contribution < -0.4 is 10.6 Å². The zero-order chi connectivity index (χ0) is 18.2. The second-order valence-electron chi connectivity index (χ2n) is 6.24. The molecule has 0 heterocycles. The van der Waals surface area contributed by atoms with Crippen LogP contribution in [0.2, 0.25) is 0 Å². The monoisotopic (exact) mass is 336 g/mol. The van der Waals surface area contributed by atoms with Crippen molar-refractivity contribution in [1.82, 2.24) is 10.6 Å². The van der Waals surface area contributed by atoms with Crippen LogP contribution in [0.5, 0.6) is 0 Å². The van der Waals surface area contributed by atoms with Crippen LogP contribution in [0.1, 0.15) is 33.3 Å². The van der Waals surface area contributed by atoms with Crippen molar-refractivity contribution in [3.05, 3.63) is 35.9 Å². The number of carbonyl (C=O) groups excluding carboxylic acids is 3. The summed E-state index contributed by atoms with van der Waals surface area (Å²) in [5, 5.41) is 4.77. The van der Waals surface area contributed by atoms with E-state index in [2.05, 4.69) is 10.6 Å². The van der Waals surface area contributed by atoms with Gasteiger partial charge in [0.05, 0.1) is 0 Å². The molecule has 24 heavy (non-hydrogen) atoms. The van der Waals surface area contributed by atoms with Gasteiger partial charge in [0.1, 0.15) is 24.8 Å². The third kappa shape index (κ3) is 8.17. The maximum Gasteiger partial charge on any atom is 0.408 e. The quantitative estimate of drug-likeness (QED) is 0.772. The molecule has 7 heteroatoms. The Labute approximate surface area is 141 Å². The summed E-state index contributed by atoms with van der Waals surface area (Å²) in [5.41, 5.74) is 0.214. The Morgan fingerprint density at radius 1 is 1.12 bits per heavy atom. The summed E-state index contributed by atoms with van der Waals surface area (Å²) in [5.74, 6) is -1.06. The number of ether oxygens (including phenoxy) is 2. The average Bonchev–Trinajstić information content (AvgIpc) is 2.50. The lowest BCUT2D eigenvalue weighted by molar-refractivity contribution is -0.148. The number of esters is 1. The van der Waals surface area contributed by atoms with Crippen LogP contribution in [0.3, 0.4) is 0 Å². The standard InChI is InChI=1S/C17H24N2O5/c1-12(15(21)23-11-13-8-6-5-7-9-13)19-14(20)10-18-16(22)24-17(2,3)4/h5-9,12H,10-11H2,1-4H3,(H,18,22)(H,19,20)/t12-/m0/s1. The first kappa shape index (κ1) is 19.5. The number of nitrogens with one attached hydrogen (secondary N) is 2. The number of benzene rings is 1. The average molecular weight is 336 g/mol. The van der Waals surface area contributed by atoms with Crippen LogP contribution in [0.15, 0.2) is 30.3 Å². The summed E-state index contributed by atoms with van der Waals surface area (Å²) in [6.07, 6.45) is -0.697. The van der Waals surface area contributed by atoms with Crippen molar-refractivity contribution in [2.24, 2.45) is 0 Å². The van der Waals surface area contributed by atoms with E-state index in [4.69, 9.17) is 9.47 Å². The van der Waals surface area contributed by atoms with E-state index in [1.54, 1.807) is 20.8 Å². The molecule has 0 radical (unpaired) electrons. The van der Waals surface area contributed by atoms with Crippen LogP contribution in [0.4, 0.5) is 4.79 Å². The minimum absolute atomic E-state index is 0.135. The maximum absolute atomic E-state index is 11.8. The smallest absolute Gasteiger partial charge is 0.408 e. The van der Waals surface area contributed by atoms with Gasteiger partial charge in [0.25, 0.3) is 0 Å². The fourth-order valence-corrected chi connectivity index (χ4v) is 1.67. The van der Waals surface area contributed by atoms with Crippen LogP contribution in [-0.2, 0) is 25.7 Å². The van der Waals surface area contributed by atoms with E-state index in [1.807, 2.05) is 30.3 Å². The normalized spacial score (nSPS) is 12.0. The highest BCUT2D eigenvalue weighted by Gasteiger charge is 2.19. The van der Waals surface area contributed by atoms with Gasteiger partial charge >= 0.3 is 12.1 Å². The fourth-order valence-electron chi connectivity index (χ4n) is 1.67. The van der Waals surface area contributed by atoms with Crippen LogP contribution >= 0.6 is 0 Å². The molecule has 0 aliphatic heterocycles. The Morgan fingerprint density at radius 2 is 1.75 bits per heavy atom. The molecule has 0 spiro atoms. The number of rotatable bonds is 6. The lowest BCUT2D eigenvalue weighted by Gasteiger charge is -2.19. The van der Waals surface area contributed by atoms with Crippen molar-refractivity contribution in [2.75, 3.05) is 6.54 Å². The van der Waals surface area contributed by atoms with Crippen molar-refractivity contribution in [3.63, 3.8) is 0 Å². The molecule has 0 saturated heterocycles. The van der Waals surface area contributed by atoms with Crippen molar-refractivity contribution < 1.29 is 23.9 Å². The first-order valence-electron chi connectivity index (χ1n) is 7.64. The molecule has 0 bridgehead atoms. The van der Waals surface area contributed by atoms with Gasteiger partial charge in [0.15, 0.2) is 0 Å². The molecule has 1 atom stereocenters. The van der Waals surface area contributed by atoms with E-state index >= 15 is 0 Å². The third-order valence-corrected chi connectivity index (χ3v) is 2.75. The molecule has 7 nitrogen and oxygen atoms in total. The van der Waals surface area contributed by atoms with Gasteiger partial charge in [0.2, 0.25) is 5.91 Å². The molecular formula is C17H24N2O5. The zero-order valence-corrected chi connectivity index (χ0v) is 14.4. The lowest BCUT2D eigenvalue weighted by Crippen LogP contribution is -2.45. The van der Waals surface area contributed by atoms with Crippen molar-refractivity contribution in [3.8, 4) is 0 Å². The fraction of sp³-hybridized carbons (Fsp3) is 0.471. The van der Waals surface area contributed by atoms with Crippen molar-refractivity contribution in [2.45, 2.75) is 45.9 Å². The van der Waals surface area contributed by atoms with Crippen molar-refractivity contribution >= 4 is 18.0 Å². The minimum Gasteiger partial charge on any atom is -0.459 e. The first-order valence-corrected chi connectivity index (χ1v) is 7.64. The highest BCUT2D eigenvalue weighted by Crippen LogP contribution is 2.06. The number of alkyl carbamates (subject to hydrolysis) is 1. The highest BCUT2D eigenvalue weighted by atomic mass is 16.6. The molecule has 0 aromatic heterocycles. The van der Waals surface area contributed by atoms with Gasteiger partial charge in [-0.25, -0.2) is 9.59 Å². The molecule has 2 N–H and O–H groups in total. The molecule has 1 aromatic carbocycles. The van der Waals surface area contributed by atoms with E-state index in [-0.39, 0.29) is 13.2 Å². The van der Waals surface area contributed by atoms with Gasteiger partial charge in [-0.2, -0.15) is 0 Å². The van der Waals surface area contributed by atoms with E-state index in [0.717, 1.165) is 5.56 Å². The van der Waals surface area contributed by atoms with Gasteiger partial charge in [-0.15, -0.1) is 0 Å². The third-order valence-electron chi connectivity index (χ3n) is 2.75. The lowest BCUT2D eigenvalue weighted by atomic mass is 10.2. The molecule has 0 aliphatic carbocycles. The van der Waals surface area contributed by atoms with Gasteiger partial charge in [-0.1, -0.05) is 30.3 Å². The topological polar surface area (TPSA) is 93.7 Å². The summed E-state index contributed by atoms with van der Waals surface area (Å²) in [6, 6.07) is 8.41. The number of hydrogen-bond donors (Lipinski definition) is 2. The van der Waals surface area contributed by atoms with Crippen LogP contribution in [-0.4, -0.2) is 36.2 Å². The minimum atomic E-state index is -0.818. The largest absolute Gasteiger partial charge is 0.459 e. The number of carbonyl (C=O) groups is 3.